The van der Waals surface area contributed by atoms with Crippen molar-refractivity contribution in [2.45, 2.75) is 298 Å². The summed E-state index contributed by atoms with van der Waals surface area (Å²) in [7, 11) is 2.54. The van der Waals surface area contributed by atoms with Crippen LogP contribution in [0.5, 0.6) is 0 Å². The first-order valence-corrected chi connectivity index (χ1v) is 50.1. The lowest BCUT2D eigenvalue weighted by atomic mass is 9.95. The van der Waals surface area contributed by atoms with Crippen LogP contribution >= 0.6 is 11.8 Å². The van der Waals surface area contributed by atoms with Crippen LogP contribution in [0.15, 0.2) is 89.0 Å². The molecule has 0 aromatic heterocycles. The smallest absolute Gasteiger partial charge is 0.282 e. The number of hydrogen-bond acceptors (Lipinski definition) is 26. The number of aliphatic hydroxyl groups is 1. The minimum Gasteiger partial charge on any atom is -0.633 e. The maximum absolute atomic E-state index is 14.8. The van der Waals surface area contributed by atoms with E-state index in [1.807, 2.05) is 13.8 Å². The number of benzene rings is 1. The van der Waals surface area contributed by atoms with E-state index in [-0.39, 0.29) is 79.9 Å². The molecule has 49 nitrogen and oxygen atoms in total. The highest BCUT2D eigenvalue weighted by atomic mass is 32.2. The molecule has 0 bridgehead atoms. The van der Waals surface area contributed by atoms with Crippen LogP contribution in [-0.4, -0.2) is 298 Å². The highest BCUT2D eigenvalue weighted by molar-refractivity contribution is 8.02. The number of carbonyl (C=O) groups excluding carboxylic acids is 23. The van der Waals surface area contributed by atoms with Crippen molar-refractivity contribution in [1.29, 1.82) is 0 Å². The van der Waals surface area contributed by atoms with Crippen molar-refractivity contribution in [2.75, 3.05) is 46.1 Å². The molecule has 3 heterocycles. The SMILES string of the molecule is C/C=C(\NC(=O)[C@H](CO)NC(=O)CNC(=O)[C@@H](CCC(N)=O)NC(=O)[C@H](NC(=O)[C@@H](NC(=O)[C@H](Cc1ccccc1)NC(=O)[C@@H](CCC(N)=O)NC(=O)[C@@H](C)NC(=O)[C@@H](C)NC(=O)/C(=C/C)NC(=O)[C@H]1CCCN1C(=O)/C(=C/C)NC(=O)[C@@H](C)NC(=O)[C@H]1CCCN1C(=O)/C(=C/C)NC(=O)[C@H](C)[N+](C)(C)[O-])C(C)C)[C@H](C)CC)C(=O)N[C@@H](C(=O)N[C@H]1CSC=CNC(=O)[C@H](C(C)C)NC(=O)[C@H](CC(C)C)NC1=O)[C@H](C)CC. The summed E-state index contributed by atoms with van der Waals surface area (Å²) in [6.07, 6.45) is 5.76. The molecule has 0 spiro atoms. The molecule has 2 saturated heterocycles. The van der Waals surface area contributed by atoms with E-state index in [1.54, 1.807) is 85.7 Å². The van der Waals surface area contributed by atoms with Gasteiger partial charge in [-0.25, -0.2) is 0 Å². The summed E-state index contributed by atoms with van der Waals surface area (Å²) in [6.45, 7) is 25.9. The van der Waals surface area contributed by atoms with Gasteiger partial charge in [0.05, 0.1) is 27.2 Å². The number of nitrogens with one attached hydrogen (secondary N) is 19. The maximum atomic E-state index is 14.8. The normalized spacial score (nSPS) is 19.1. The van der Waals surface area contributed by atoms with Gasteiger partial charge in [-0.2, -0.15) is 0 Å². The number of nitrogens with two attached hydrogens (primary N) is 2. The minimum atomic E-state index is -1.81. The zero-order valence-corrected chi connectivity index (χ0v) is 88.0. The van der Waals surface area contributed by atoms with Crippen LogP contribution in [-0.2, 0) is 117 Å². The van der Waals surface area contributed by atoms with Gasteiger partial charge in [-0.15, -0.1) is 11.8 Å². The van der Waals surface area contributed by atoms with Gasteiger partial charge in [0.15, 0.2) is 6.04 Å². The number of hydrogen-bond donors (Lipinski definition) is 22. The van der Waals surface area contributed by atoms with Crippen LogP contribution < -0.4 is 112 Å². The zero-order chi connectivity index (χ0) is 111. The van der Waals surface area contributed by atoms with Crippen molar-refractivity contribution >= 4 is 148 Å². The van der Waals surface area contributed by atoms with Crippen LogP contribution in [0.1, 0.15) is 201 Å². The van der Waals surface area contributed by atoms with Gasteiger partial charge in [0.2, 0.25) is 106 Å². The summed E-state index contributed by atoms with van der Waals surface area (Å²) in [6, 6.07) is -13.9. The van der Waals surface area contributed by atoms with E-state index in [2.05, 4.69) is 101 Å². The zero-order valence-electron chi connectivity index (χ0n) is 87.1. The Bertz CT molecular complexity index is 5080. The summed E-state index contributed by atoms with van der Waals surface area (Å²) in [4.78, 5) is 319. The van der Waals surface area contributed by atoms with E-state index < -0.39 is 299 Å². The van der Waals surface area contributed by atoms with Gasteiger partial charge in [-0.1, -0.05) is 137 Å². The topological polar surface area (TPSA) is 723 Å². The molecule has 1 aromatic rings. The molecule has 0 aliphatic carbocycles. The molecule has 3 aliphatic rings. The summed E-state index contributed by atoms with van der Waals surface area (Å²) in [5.74, 6) is -23.2. The van der Waals surface area contributed by atoms with Gasteiger partial charge in [0.1, 0.15) is 113 Å². The number of hydroxylamine groups is 3. The molecule has 1 aromatic carbocycles. The van der Waals surface area contributed by atoms with Gasteiger partial charge in [-0.05, 0) is 141 Å². The van der Waals surface area contributed by atoms with E-state index in [9.17, 15) is 121 Å². The Morgan fingerprint density at radius 1 is 0.497 bits per heavy atom. The van der Waals surface area contributed by atoms with Crippen LogP contribution in [0.4, 0.5) is 0 Å². The molecule has 0 radical (unpaired) electrons. The highest BCUT2D eigenvalue weighted by Gasteiger charge is 2.44. The first kappa shape index (κ1) is 125. The number of aliphatic hydroxyl groups excluding tert-OH is 1. The van der Waals surface area contributed by atoms with Gasteiger partial charge >= 0.3 is 0 Å². The van der Waals surface area contributed by atoms with E-state index in [4.69, 9.17) is 11.5 Å². The van der Waals surface area contributed by atoms with E-state index in [0.29, 0.717) is 24.8 Å². The van der Waals surface area contributed by atoms with Crippen molar-refractivity contribution in [3.8, 4) is 0 Å². The van der Waals surface area contributed by atoms with E-state index in [1.165, 1.54) is 109 Å². The third kappa shape index (κ3) is 39.7. The summed E-state index contributed by atoms with van der Waals surface area (Å²) < 4.78 is -0.970. The van der Waals surface area contributed by atoms with Crippen molar-refractivity contribution in [1.82, 2.24) is 111 Å². The van der Waals surface area contributed by atoms with Crippen LogP contribution in [0, 0.1) is 34.8 Å². The quantitative estimate of drug-likeness (QED) is 0.0168. The summed E-state index contributed by atoms with van der Waals surface area (Å²) in [5, 5.41) is 72.2. The van der Waals surface area contributed by atoms with Crippen molar-refractivity contribution in [3.05, 3.63) is 99.8 Å². The number of thioether (sulfide) groups is 1. The average Bonchev–Trinajstić information content (AvgIpc) is 1.74. The maximum Gasteiger partial charge on any atom is 0.282 e. The lowest BCUT2D eigenvalue weighted by Gasteiger charge is -2.39. The minimum absolute atomic E-state index is 0.0269. The van der Waals surface area contributed by atoms with Crippen molar-refractivity contribution in [2.24, 2.45) is 41.1 Å². The summed E-state index contributed by atoms with van der Waals surface area (Å²) in [5.41, 5.74) is 10.2. The molecular formula is C97H150N24O25S. The Balaban J connectivity index is 1.42. The van der Waals surface area contributed by atoms with Crippen molar-refractivity contribution < 1.29 is 120 Å². The molecule has 23 amide bonds. The predicted molar refractivity (Wildman–Crippen MR) is 539 cm³/mol. The fraction of sp³-hybridized carbons (Fsp3) is 0.598. The second kappa shape index (κ2) is 60.8. The van der Waals surface area contributed by atoms with Crippen LogP contribution in [0.3, 0.4) is 0 Å². The number of rotatable bonds is 52. The Morgan fingerprint density at radius 3 is 1.48 bits per heavy atom. The van der Waals surface area contributed by atoms with Crippen LogP contribution in [0.2, 0.25) is 0 Å². The van der Waals surface area contributed by atoms with Crippen LogP contribution in [0.25, 0.3) is 0 Å². The molecule has 4 rings (SSSR count). The molecule has 3 aliphatic heterocycles. The largest absolute Gasteiger partial charge is 0.633 e. The van der Waals surface area contributed by atoms with Gasteiger partial charge in [0.25, 0.3) is 29.5 Å². The fourth-order valence-electron chi connectivity index (χ4n) is 15.2. The highest BCUT2D eigenvalue weighted by Crippen LogP contribution is 2.25. The molecule has 2 fully saturated rings. The summed E-state index contributed by atoms with van der Waals surface area (Å²) >= 11 is 1.06. The number of amides is 23. The van der Waals surface area contributed by atoms with Gasteiger partial charge in [-0.3, -0.25) is 110 Å². The Morgan fingerprint density at radius 2 is 0.966 bits per heavy atom. The molecule has 18 atom stereocenters. The van der Waals surface area contributed by atoms with E-state index in [0.717, 1.165) is 17.8 Å². The lowest BCUT2D eigenvalue weighted by Crippen LogP contribution is -2.62. The fourth-order valence-corrected chi connectivity index (χ4v) is 15.9. The molecule has 0 saturated carbocycles. The second-order valence-electron chi connectivity index (χ2n) is 37.8. The van der Waals surface area contributed by atoms with Gasteiger partial charge < -0.3 is 137 Å². The number of likely N-dealkylation sites (tertiary alicyclic amines) is 2. The standard InChI is InChI=1S/C97H150N24O25S/c1-21-52(13)76(95(143)114-68-48-147-43-40-100-92(140)74(50(9)10)115-86(134)65(44-49(7)8)112-89(68)137)117-84(132)60(24-4)106-88(136)67(47-122)105-73(125)46-101-82(130)63(36-38-71(98)123)111-94(142)77(53(14)22-2)118-93(141)75(51(11)12)116-87(135)66(45-58-32-28-27-29-33-58)113-85(133)64(37-39-72(99)124)110-80(128)55(16)102-78(126)54(15)103-83(131)59(23-3)107-91(139)70-35-31-42-120(70)96(144)61(25-5)108-79(127)56(17)104-90(138)69-34-30-41-119(69)97(145)62(26-6)109-81(129)57(18)121(19,20)146/h23-29,32-33,40,43,49-57,63-70,74-77,122H,21-22,30-31,34-39,41-42,44-48H2,1-20H3,(H2,98,123)(H2,99,124)(H,100,140)(H,101,130)(H,102,126)(H,103,131)(H,104,138)(H,105,125)(H,106,136)(H,107,139)(H,108,127)(H,109,129)(H,110,128)(H,111,142)(H,112,137)(H,113,133)(H,114,143)(H,115,134)(H,116,135)(H,117,132)(H,118,141)/b43-40?,59-23-,60-24-,61-25-,62-26-/t52-,53-,54-,55-,56-,57+,63-,64-,65+,66+,67+,68+,69-,70-,74+,75+,76-,77-/m1/s1. The third-order valence-electron chi connectivity index (χ3n) is 24.8. The predicted octanol–water partition coefficient (Wildman–Crippen LogP) is -3.96. The number of nitrogens with zero attached hydrogens (tertiary/aromatic N) is 3. The van der Waals surface area contributed by atoms with Gasteiger partial charge in [0, 0.05) is 44.3 Å². The Labute approximate surface area is 859 Å². The molecule has 50 heteroatoms. The molecular weight excluding hydrogens is 1930 g/mol. The number of allylic oxidation sites excluding steroid dienone is 4. The second-order valence-corrected chi connectivity index (χ2v) is 38.8. The number of quaternary nitrogens is 1. The Hall–Kier alpha value is -14.0. The third-order valence-corrected chi connectivity index (χ3v) is 25.7. The number of carbonyl (C=O) groups is 23. The number of primary amides is 2. The monoisotopic (exact) mass is 2080 g/mol. The first-order chi connectivity index (χ1) is 69.0. The molecule has 147 heavy (non-hydrogen) atoms. The van der Waals surface area contributed by atoms with Crippen molar-refractivity contribution in [3.63, 3.8) is 0 Å². The Kier molecular flexibility index (Phi) is 51.8. The molecule has 0 unspecified atom stereocenters. The van der Waals surface area contributed by atoms with E-state index >= 15 is 0 Å². The molecule has 814 valence electrons. The molecule has 24 N–H and O–H groups in total. The lowest BCUT2D eigenvalue weighted by molar-refractivity contribution is -0.854. The average molecular weight is 2080 g/mol. The first-order valence-electron chi connectivity index (χ1n) is 49.1. The number of likely N-dealkylation sites (N-methyl/N-ethyl adjacent to an activating group) is 1.